The van der Waals surface area contributed by atoms with E-state index in [1.807, 2.05) is 4.90 Å². The van der Waals surface area contributed by atoms with Gasteiger partial charge in [0.05, 0.1) is 33.9 Å². The molecule has 0 aromatic heterocycles. The molecule has 0 atom stereocenters. The summed E-state index contributed by atoms with van der Waals surface area (Å²) in [6, 6.07) is 5.12. The Kier molecular flexibility index (Phi) is 7.03. The molecule has 1 saturated heterocycles. The number of piperazine rings is 1. The van der Waals surface area contributed by atoms with Crippen molar-refractivity contribution in [3.63, 3.8) is 0 Å². The van der Waals surface area contributed by atoms with E-state index in [-0.39, 0.29) is 0 Å². The summed E-state index contributed by atoms with van der Waals surface area (Å²) >= 11 is 0. The topological polar surface area (TPSA) is 36.6 Å². The van der Waals surface area contributed by atoms with Crippen molar-refractivity contribution in [2.24, 2.45) is 0 Å². The molecule has 0 amide bonds. The van der Waals surface area contributed by atoms with Crippen LogP contribution in [0.2, 0.25) is 0 Å². The summed E-state index contributed by atoms with van der Waals surface area (Å²) in [6.45, 7) is 6.47. The Morgan fingerprint density at radius 2 is 1.46 bits per heavy atom. The number of hydrogen-bond donors (Lipinski definition) is 2. The van der Waals surface area contributed by atoms with Crippen molar-refractivity contribution in [2.45, 2.75) is 44.6 Å². The lowest BCUT2D eigenvalue weighted by Gasteiger charge is -2.36. The van der Waals surface area contributed by atoms with Crippen molar-refractivity contribution in [2.75, 3.05) is 54.1 Å². The zero-order valence-electron chi connectivity index (χ0n) is 16.7. The molecule has 2 fully saturated rings. The van der Waals surface area contributed by atoms with E-state index >= 15 is 0 Å². The molecule has 2 N–H and O–H groups in total. The van der Waals surface area contributed by atoms with E-state index in [0.717, 1.165) is 24.0 Å². The highest BCUT2D eigenvalue weighted by atomic mass is 16.5. The summed E-state index contributed by atoms with van der Waals surface area (Å²) in [5, 5.41) is 0. The number of ether oxygens (including phenoxy) is 3. The highest BCUT2D eigenvalue weighted by molar-refractivity contribution is 5.53. The van der Waals surface area contributed by atoms with Crippen LogP contribution < -0.4 is 24.0 Å². The van der Waals surface area contributed by atoms with Gasteiger partial charge >= 0.3 is 0 Å². The van der Waals surface area contributed by atoms with Gasteiger partial charge in [0, 0.05) is 6.42 Å². The van der Waals surface area contributed by atoms with Gasteiger partial charge in [0.2, 0.25) is 5.75 Å². The highest BCUT2D eigenvalue weighted by Gasteiger charge is 2.30. The van der Waals surface area contributed by atoms with Gasteiger partial charge in [-0.2, -0.15) is 0 Å². The van der Waals surface area contributed by atoms with E-state index in [1.54, 1.807) is 26.2 Å². The molecule has 5 heteroatoms. The fourth-order valence-corrected chi connectivity index (χ4v) is 4.69. The summed E-state index contributed by atoms with van der Waals surface area (Å²) in [4.78, 5) is 3.61. The molecule has 0 bridgehead atoms. The Hall–Kier alpha value is -1.46. The Balaban J connectivity index is 1.52. The zero-order chi connectivity index (χ0) is 18.4. The minimum Gasteiger partial charge on any atom is -0.493 e. The third kappa shape index (κ3) is 4.63. The van der Waals surface area contributed by atoms with Crippen LogP contribution in [0.4, 0.5) is 0 Å². The van der Waals surface area contributed by atoms with Crippen molar-refractivity contribution in [3.8, 4) is 17.2 Å². The predicted molar refractivity (Wildman–Crippen MR) is 103 cm³/mol. The van der Waals surface area contributed by atoms with Crippen LogP contribution >= 0.6 is 0 Å². The lowest BCUT2D eigenvalue weighted by Crippen LogP contribution is -3.29. The molecule has 2 aliphatic rings. The van der Waals surface area contributed by atoms with Gasteiger partial charge < -0.3 is 24.0 Å². The second-order valence-electron chi connectivity index (χ2n) is 7.78. The predicted octanol–water partition coefficient (Wildman–Crippen LogP) is 0.371. The van der Waals surface area contributed by atoms with Crippen LogP contribution in [0.3, 0.4) is 0 Å². The summed E-state index contributed by atoms with van der Waals surface area (Å²) in [5.41, 5.74) is 1.26. The Labute approximate surface area is 158 Å². The summed E-state index contributed by atoms with van der Waals surface area (Å²) in [6.07, 6.45) is 8.31. The fraction of sp³-hybridized carbons (Fsp3) is 0.714. The minimum atomic E-state index is 0.677. The maximum atomic E-state index is 5.48. The van der Waals surface area contributed by atoms with Crippen LogP contribution in [0, 0.1) is 0 Å². The Morgan fingerprint density at radius 3 is 2.00 bits per heavy atom. The standard InChI is InChI=1S/C21H34N2O3/c1-24-19-15-17(16-20(25-2)21(19)26-3)9-10-22-11-13-23(14-12-22)18-7-5-4-6-8-18/h15-16,18H,4-14H2,1-3H3/p+2. The molecule has 1 aliphatic heterocycles. The van der Waals surface area contributed by atoms with Crippen LogP contribution in [0.1, 0.15) is 37.7 Å². The number of nitrogens with one attached hydrogen (secondary N) is 2. The Bertz CT molecular complexity index is 539. The maximum Gasteiger partial charge on any atom is 0.203 e. The van der Waals surface area contributed by atoms with Crippen LogP contribution in [0.15, 0.2) is 12.1 Å². The second kappa shape index (κ2) is 9.47. The normalized spacial score (nSPS) is 24.3. The van der Waals surface area contributed by atoms with Crippen molar-refractivity contribution in [1.82, 2.24) is 0 Å². The number of benzene rings is 1. The van der Waals surface area contributed by atoms with Gasteiger partial charge in [-0.25, -0.2) is 0 Å². The van der Waals surface area contributed by atoms with Crippen LogP contribution in [-0.2, 0) is 6.42 Å². The molecule has 1 aromatic carbocycles. The molecule has 26 heavy (non-hydrogen) atoms. The first-order valence-corrected chi connectivity index (χ1v) is 10.2. The molecule has 0 radical (unpaired) electrons. The highest BCUT2D eigenvalue weighted by Crippen LogP contribution is 2.38. The first kappa shape index (κ1) is 19.3. The largest absolute Gasteiger partial charge is 0.493 e. The van der Waals surface area contributed by atoms with Crippen molar-refractivity contribution < 1.29 is 24.0 Å². The second-order valence-corrected chi connectivity index (χ2v) is 7.78. The van der Waals surface area contributed by atoms with Crippen LogP contribution in [0.25, 0.3) is 0 Å². The fourth-order valence-electron chi connectivity index (χ4n) is 4.69. The maximum absolute atomic E-state index is 5.48. The Morgan fingerprint density at radius 1 is 0.846 bits per heavy atom. The van der Waals surface area contributed by atoms with E-state index in [1.165, 1.54) is 70.4 Å². The number of quaternary nitrogens is 2. The SMILES string of the molecule is COc1cc(CC[NH+]2CC[NH+](C3CCCCC3)CC2)cc(OC)c1OC. The molecule has 3 rings (SSSR count). The van der Waals surface area contributed by atoms with Crippen LogP contribution in [-0.4, -0.2) is 60.1 Å². The van der Waals surface area contributed by atoms with Crippen molar-refractivity contribution in [3.05, 3.63) is 17.7 Å². The summed E-state index contributed by atoms with van der Waals surface area (Å²) in [5.74, 6) is 2.18. The summed E-state index contributed by atoms with van der Waals surface area (Å²) < 4.78 is 16.4. The quantitative estimate of drug-likeness (QED) is 0.734. The first-order chi connectivity index (χ1) is 12.7. The average Bonchev–Trinajstić information content (AvgIpc) is 2.72. The van der Waals surface area contributed by atoms with Gasteiger partial charge in [-0.15, -0.1) is 0 Å². The van der Waals surface area contributed by atoms with Gasteiger partial charge in [0.1, 0.15) is 26.2 Å². The average molecular weight is 365 g/mol. The van der Waals surface area contributed by atoms with Crippen molar-refractivity contribution >= 4 is 0 Å². The lowest BCUT2D eigenvalue weighted by atomic mass is 9.94. The molecule has 5 nitrogen and oxygen atoms in total. The molecule has 1 heterocycles. The molecule has 0 unspecified atom stereocenters. The van der Waals surface area contributed by atoms with E-state index < -0.39 is 0 Å². The molecule has 1 aliphatic carbocycles. The number of methoxy groups -OCH3 is 3. The van der Waals surface area contributed by atoms with Crippen LogP contribution in [0.5, 0.6) is 17.2 Å². The van der Waals surface area contributed by atoms with E-state index in [2.05, 4.69) is 12.1 Å². The third-order valence-corrected chi connectivity index (χ3v) is 6.27. The summed E-state index contributed by atoms with van der Waals surface area (Å²) in [7, 11) is 5.01. The minimum absolute atomic E-state index is 0.677. The number of rotatable bonds is 7. The molecule has 1 saturated carbocycles. The molecule has 146 valence electrons. The molecule has 1 aromatic rings. The molecule has 0 spiro atoms. The monoisotopic (exact) mass is 364 g/mol. The van der Waals surface area contributed by atoms with E-state index in [9.17, 15) is 0 Å². The van der Waals surface area contributed by atoms with Gasteiger partial charge in [0.25, 0.3) is 0 Å². The smallest absolute Gasteiger partial charge is 0.203 e. The zero-order valence-corrected chi connectivity index (χ0v) is 16.7. The van der Waals surface area contributed by atoms with Gasteiger partial charge in [-0.05, 0) is 43.4 Å². The van der Waals surface area contributed by atoms with Crippen molar-refractivity contribution in [1.29, 1.82) is 0 Å². The lowest BCUT2D eigenvalue weighted by molar-refractivity contribution is -1.02. The first-order valence-electron chi connectivity index (χ1n) is 10.2. The van der Waals surface area contributed by atoms with Gasteiger partial charge in [0.15, 0.2) is 11.5 Å². The van der Waals surface area contributed by atoms with Gasteiger partial charge in [-0.3, -0.25) is 0 Å². The molecular weight excluding hydrogens is 328 g/mol. The van der Waals surface area contributed by atoms with Gasteiger partial charge in [-0.1, -0.05) is 6.42 Å². The van der Waals surface area contributed by atoms with E-state index in [0.29, 0.717) is 5.75 Å². The third-order valence-electron chi connectivity index (χ3n) is 6.27. The van der Waals surface area contributed by atoms with E-state index in [4.69, 9.17) is 14.2 Å². The molecular formula is C21H36N2O3+2. The number of hydrogen-bond acceptors (Lipinski definition) is 3.